The Balaban J connectivity index is 2.21. The molecule has 0 saturated carbocycles. The Morgan fingerprint density at radius 3 is 2.71 bits per heavy atom. The zero-order valence-corrected chi connectivity index (χ0v) is 10.1. The molecule has 0 N–H and O–H groups in total. The average Bonchev–Trinajstić information content (AvgIpc) is 2.37. The van der Waals surface area contributed by atoms with Crippen molar-refractivity contribution in [3.8, 4) is 0 Å². The van der Waals surface area contributed by atoms with E-state index in [-0.39, 0.29) is 19.0 Å². The zero-order chi connectivity index (χ0) is 12.1. The highest BCUT2D eigenvalue weighted by Gasteiger charge is 2.07. The van der Waals surface area contributed by atoms with Gasteiger partial charge in [0.2, 0.25) is 0 Å². The molecule has 0 aliphatic carbocycles. The van der Waals surface area contributed by atoms with Gasteiger partial charge in [0.25, 0.3) is 0 Å². The predicted molar refractivity (Wildman–Crippen MR) is 69.3 cm³/mol. The molecule has 0 aromatic heterocycles. The van der Waals surface area contributed by atoms with Crippen LogP contribution in [0.5, 0.6) is 0 Å². The number of benzene rings is 2. The van der Waals surface area contributed by atoms with Gasteiger partial charge in [-0.05, 0) is 16.3 Å². The van der Waals surface area contributed by atoms with Crippen molar-refractivity contribution in [2.75, 3.05) is 12.5 Å². The van der Waals surface area contributed by atoms with Gasteiger partial charge in [0.1, 0.15) is 6.61 Å². The van der Waals surface area contributed by atoms with E-state index in [4.69, 9.17) is 16.3 Å². The zero-order valence-electron chi connectivity index (χ0n) is 9.36. The summed E-state index contributed by atoms with van der Waals surface area (Å²) in [6.45, 7) is 0.269. The quantitative estimate of drug-likeness (QED) is 0.614. The molecule has 0 saturated heterocycles. The van der Waals surface area contributed by atoms with Crippen LogP contribution in [0.15, 0.2) is 42.5 Å². The van der Waals surface area contributed by atoms with Crippen LogP contribution in [0.25, 0.3) is 10.8 Å². The summed E-state index contributed by atoms with van der Waals surface area (Å²) in [6.07, 6.45) is 0.290. The number of esters is 1. The highest BCUT2D eigenvalue weighted by molar-refractivity contribution is 6.18. The molecule has 17 heavy (non-hydrogen) atoms. The first-order chi connectivity index (χ1) is 8.31. The number of ether oxygens (including phenoxy) is 1. The third kappa shape index (κ3) is 2.98. The molecule has 0 radical (unpaired) electrons. The van der Waals surface area contributed by atoms with Crippen molar-refractivity contribution in [2.45, 2.75) is 6.42 Å². The summed E-state index contributed by atoms with van der Waals surface area (Å²) in [5.41, 5.74) is 0.989. The van der Waals surface area contributed by atoms with Gasteiger partial charge in [0.05, 0.1) is 12.3 Å². The Morgan fingerprint density at radius 2 is 1.88 bits per heavy atom. The van der Waals surface area contributed by atoms with E-state index in [1.165, 1.54) is 0 Å². The first-order valence-corrected chi connectivity index (χ1v) is 6.03. The van der Waals surface area contributed by atoms with Crippen molar-refractivity contribution in [3.63, 3.8) is 0 Å². The fourth-order valence-corrected chi connectivity index (χ4v) is 1.88. The molecule has 2 nitrogen and oxygen atoms in total. The van der Waals surface area contributed by atoms with Crippen LogP contribution >= 0.6 is 11.6 Å². The second-order valence-corrected chi connectivity index (χ2v) is 4.10. The van der Waals surface area contributed by atoms with Gasteiger partial charge in [-0.25, -0.2) is 0 Å². The normalized spacial score (nSPS) is 10.4. The summed E-state index contributed by atoms with van der Waals surface area (Å²) in [7, 11) is 0. The van der Waals surface area contributed by atoms with E-state index >= 15 is 0 Å². The Kier molecular flexibility index (Phi) is 3.99. The smallest absolute Gasteiger partial charge is 0.310 e. The van der Waals surface area contributed by atoms with Crippen LogP contribution in [-0.4, -0.2) is 18.5 Å². The van der Waals surface area contributed by atoms with Gasteiger partial charge in [-0.1, -0.05) is 42.5 Å². The molecule has 0 aliphatic heterocycles. The molecule has 0 aliphatic rings. The van der Waals surface area contributed by atoms with E-state index in [2.05, 4.69) is 0 Å². The maximum Gasteiger partial charge on any atom is 0.310 e. The minimum Gasteiger partial charge on any atom is -0.464 e. The highest BCUT2D eigenvalue weighted by atomic mass is 35.5. The SMILES string of the molecule is O=C(Cc1cccc2ccccc12)OCCCl. The summed E-state index contributed by atoms with van der Waals surface area (Å²) in [6, 6.07) is 13.9. The van der Waals surface area contributed by atoms with Crippen molar-refractivity contribution < 1.29 is 9.53 Å². The van der Waals surface area contributed by atoms with Gasteiger partial charge in [-0.3, -0.25) is 4.79 Å². The Bertz CT molecular complexity index is 517. The molecule has 0 fully saturated rings. The van der Waals surface area contributed by atoms with Gasteiger partial charge in [0.15, 0.2) is 0 Å². The van der Waals surface area contributed by atoms with Crippen LogP contribution in [-0.2, 0) is 16.0 Å². The molecule has 2 aromatic rings. The number of carbonyl (C=O) groups excluding carboxylic acids is 1. The van der Waals surface area contributed by atoms with Gasteiger partial charge >= 0.3 is 5.97 Å². The number of hydrogen-bond donors (Lipinski definition) is 0. The molecular weight excluding hydrogens is 236 g/mol. The molecule has 3 heteroatoms. The van der Waals surface area contributed by atoms with E-state index in [1.54, 1.807) is 0 Å². The van der Waals surface area contributed by atoms with Crippen LogP contribution in [0.3, 0.4) is 0 Å². The third-order valence-corrected chi connectivity index (χ3v) is 2.71. The van der Waals surface area contributed by atoms with E-state index in [0.717, 1.165) is 16.3 Å². The lowest BCUT2D eigenvalue weighted by Crippen LogP contribution is -2.09. The molecule has 2 aromatic carbocycles. The molecule has 0 amide bonds. The van der Waals surface area contributed by atoms with Gasteiger partial charge in [-0.15, -0.1) is 11.6 Å². The predicted octanol–water partition coefficient (Wildman–Crippen LogP) is 3.16. The molecule has 0 spiro atoms. The van der Waals surface area contributed by atoms with Gasteiger partial charge in [-0.2, -0.15) is 0 Å². The van der Waals surface area contributed by atoms with Gasteiger partial charge in [0, 0.05) is 0 Å². The molecule has 0 atom stereocenters. The summed E-state index contributed by atoms with van der Waals surface area (Å²) in [4.78, 5) is 11.5. The lowest BCUT2D eigenvalue weighted by molar-refractivity contribution is -0.142. The number of hydrogen-bond acceptors (Lipinski definition) is 2. The monoisotopic (exact) mass is 248 g/mol. The Morgan fingerprint density at radius 1 is 1.12 bits per heavy atom. The van der Waals surface area contributed by atoms with Crippen molar-refractivity contribution in [2.24, 2.45) is 0 Å². The number of carbonyl (C=O) groups is 1. The van der Waals surface area contributed by atoms with E-state index in [1.807, 2.05) is 42.5 Å². The lowest BCUT2D eigenvalue weighted by atomic mass is 10.0. The molecule has 88 valence electrons. The Hall–Kier alpha value is -1.54. The fraction of sp³-hybridized carbons (Fsp3) is 0.214. The maximum absolute atomic E-state index is 11.5. The molecule has 0 bridgehead atoms. The van der Waals surface area contributed by atoms with E-state index < -0.39 is 0 Å². The van der Waals surface area contributed by atoms with Crippen molar-refractivity contribution in [3.05, 3.63) is 48.0 Å². The molecule has 0 unspecified atom stereocenters. The highest BCUT2D eigenvalue weighted by Crippen LogP contribution is 2.19. The van der Waals surface area contributed by atoms with E-state index in [0.29, 0.717) is 5.88 Å². The van der Waals surface area contributed by atoms with Gasteiger partial charge < -0.3 is 4.74 Å². The topological polar surface area (TPSA) is 26.3 Å². The van der Waals surface area contributed by atoms with Crippen LogP contribution in [0.4, 0.5) is 0 Å². The minimum absolute atomic E-state index is 0.234. The summed E-state index contributed by atoms with van der Waals surface area (Å²) < 4.78 is 4.97. The third-order valence-electron chi connectivity index (χ3n) is 2.55. The van der Waals surface area contributed by atoms with Crippen LogP contribution in [0.2, 0.25) is 0 Å². The molecular formula is C14H13ClO2. The number of alkyl halides is 1. The van der Waals surface area contributed by atoms with Crippen LogP contribution in [0, 0.1) is 0 Å². The number of rotatable bonds is 4. The molecule has 0 heterocycles. The number of halogens is 1. The summed E-state index contributed by atoms with van der Waals surface area (Å²) in [5.74, 6) is 0.100. The van der Waals surface area contributed by atoms with E-state index in [9.17, 15) is 4.79 Å². The second-order valence-electron chi connectivity index (χ2n) is 3.72. The number of fused-ring (bicyclic) bond motifs is 1. The maximum atomic E-state index is 11.5. The minimum atomic E-state index is -0.234. The largest absolute Gasteiger partial charge is 0.464 e. The fourth-order valence-electron chi connectivity index (χ4n) is 1.81. The summed E-state index contributed by atoms with van der Waals surface area (Å²) >= 11 is 5.47. The second kappa shape index (κ2) is 5.69. The standard InChI is InChI=1S/C14H13ClO2/c15-8-9-17-14(16)10-12-6-3-5-11-4-1-2-7-13(11)12/h1-7H,8-10H2. The first kappa shape index (κ1) is 11.9. The van der Waals surface area contributed by atoms with Crippen LogP contribution < -0.4 is 0 Å². The van der Waals surface area contributed by atoms with Crippen molar-refractivity contribution >= 4 is 28.3 Å². The first-order valence-electron chi connectivity index (χ1n) is 5.49. The van der Waals surface area contributed by atoms with Crippen molar-refractivity contribution in [1.82, 2.24) is 0 Å². The van der Waals surface area contributed by atoms with Crippen LogP contribution in [0.1, 0.15) is 5.56 Å². The average molecular weight is 249 g/mol. The Labute approximate surface area is 105 Å². The lowest BCUT2D eigenvalue weighted by Gasteiger charge is -2.06. The summed E-state index contributed by atoms with van der Waals surface area (Å²) in [5, 5.41) is 2.23. The van der Waals surface area contributed by atoms with Crippen molar-refractivity contribution in [1.29, 1.82) is 0 Å². The molecule has 2 rings (SSSR count).